The normalized spacial score (nSPS) is 11.5. The van der Waals surface area contributed by atoms with Crippen molar-refractivity contribution in [3.8, 4) is 50.2 Å². The third-order valence-corrected chi connectivity index (χ3v) is 13.8. The van der Waals surface area contributed by atoms with Crippen molar-refractivity contribution in [1.82, 2.24) is 4.57 Å². The standard InChI is InChI=1S/C66H44N2/c1-2-15-47(16-3-1)59-41-36-51(58-27-14-28-60-57-23-7-5-18-48(57)35-42-61(58)60)44-66(59)67(53-39-33-49(34-40-53)56-26-13-19-46-17-4-6-22-55(46)56)52-37-31-45(32-38-52)50-20-12-21-54(43-50)68-64-29-10-8-24-62(64)63-25-9-11-30-65(63)68/h1-44H. The van der Waals surface area contributed by atoms with Gasteiger partial charge in [0.2, 0.25) is 0 Å². The van der Waals surface area contributed by atoms with E-state index in [0.717, 1.165) is 50.6 Å². The first-order valence-electron chi connectivity index (χ1n) is 23.4. The third kappa shape index (κ3) is 6.73. The summed E-state index contributed by atoms with van der Waals surface area (Å²) in [7, 11) is 0. The summed E-state index contributed by atoms with van der Waals surface area (Å²) in [6.07, 6.45) is 0. The van der Waals surface area contributed by atoms with Crippen LogP contribution in [0.25, 0.3) is 104 Å². The highest BCUT2D eigenvalue weighted by Gasteiger charge is 2.21. The lowest BCUT2D eigenvalue weighted by atomic mass is 9.92. The fraction of sp³-hybridized carbons (Fsp3) is 0. The average molecular weight is 865 g/mol. The van der Waals surface area contributed by atoms with Gasteiger partial charge in [0.25, 0.3) is 0 Å². The van der Waals surface area contributed by atoms with Crippen LogP contribution in [0.1, 0.15) is 0 Å². The van der Waals surface area contributed by atoms with Crippen LogP contribution >= 0.6 is 0 Å². The molecule has 13 rings (SSSR count). The van der Waals surface area contributed by atoms with E-state index in [4.69, 9.17) is 0 Å². The Bertz CT molecular complexity index is 3950. The molecule has 0 saturated carbocycles. The lowest BCUT2D eigenvalue weighted by Gasteiger charge is -2.29. The van der Waals surface area contributed by atoms with E-state index in [1.807, 2.05) is 0 Å². The lowest BCUT2D eigenvalue weighted by molar-refractivity contribution is 1.18. The fourth-order valence-electron chi connectivity index (χ4n) is 10.6. The van der Waals surface area contributed by atoms with E-state index in [9.17, 15) is 0 Å². The molecular weight excluding hydrogens is 821 g/mol. The van der Waals surface area contributed by atoms with Gasteiger partial charge in [-0.05, 0) is 126 Å². The number of anilines is 3. The van der Waals surface area contributed by atoms with Gasteiger partial charge < -0.3 is 9.47 Å². The molecule has 12 aromatic carbocycles. The van der Waals surface area contributed by atoms with Gasteiger partial charge in [-0.2, -0.15) is 0 Å². The molecule has 0 aliphatic rings. The van der Waals surface area contributed by atoms with Crippen LogP contribution < -0.4 is 4.90 Å². The molecule has 0 atom stereocenters. The van der Waals surface area contributed by atoms with Gasteiger partial charge in [-0.25, -0.2) is 0 Å². The Morgan fingerprint density at radius 3 is 1.47 bits per heavy atom. The van der Waals surface area contributed by atoms with E-state index in [1.165, 1.54) is 70.8 Å². The van der Waals surface area contributed by atoms with Crippen LogP contribution in [-0.4, -0.2) is 4.57 Å². The summed E-state index contributed by atoms with van der Waals surface area (Å²) < 4.78 is 2.39. The first-order chi connectivity index (χ1) is 33.7. The molecule has 0 bridgehead atoms. The minimum Gasteiger partial charge on any atom is -0.310 e. The van der Waals surface area contributed by atoms with Crippen LogP contribution in [0.3, 0.4) is 0 Å². The number of nitrogens with zero attached hydrogens (tertiary/aromatic N) is 2. The summed E-state index contributed by atoms with van der Waals surface area (Å²) in [5, 5.41) is 10.0. The summed E-state index contributed by atoms with van der Waals surface area (Å²) in [6, 6.07) is 97.6. The fourth-order valence-corrected chi connectivity index (χ4v) is 10.6. The van der Waals surface area contributed by atoms with Crippen molar-refractivity contribution in [3.63, 3.8) is 0 Å². The van der Waals surface area contributed by atoms with Crippen molar-refractivity contribution in [2.24, 2.45) is 0 Å². The maximum absolute atomic E-state index is 2.44. The Morgan fingerprint density at radius 2 is 0.750 bits per heavy atom. The van der Waals surface area contributed by atoms with Crippen LogP contribution in [0.4, 0.5) is 17.1 Å². The average Bonchev–Trinajstić information content (AvgIpc) is 3.76. The van der Waals surface area contributed by atoms with E-state index in [0.29, 0.717) is 0 Å². The van der Waals surface area contributed by atoms with Gasteiger partial charge in [0.1, 0.15) is 0 Å². The molecule has 13 aromatic rings. The molecular formula is C66H44N2. The molecule has 0 aliphatic carbocycles. The molecule has 2 heteroatoms. The van der Waals surface area contributed by atoms with Crippen molar-refractivity contribution < 1.29 is 0 Å². The summed E-state index contributed by atoms with van der Waals surface area (Å²) >= 11 is 0. The monoisotopic (exact) mass is 864 g/mol. The summed E-state index contributed by atoms with van der Waals surface area (Å²) in [5.74, 6) is 0. The van der Waals surface area contributed by atoms with Gasteiger partial charge in [0.15, 0.2) is 0 Å². The Kier molecular flexibility index (Phi) is 9.54. The second kappa shape index (κ2) is 16.5. The van der Waals surface area contributed by atoms with Gasteiger partial charge in [-0.15, -0.1) is 0 Å². The van der Waals surface area contributed by atoms with Crippen LogP contribution in [0.5, 0.6) is 0 Å². The van der Waals surface area contributed by atoms with E-state index in [-0.39, 0.29) is 0 Å². The van der Waals surface area contributed by atoms with E-state index < -0.39 is 0 Å². The number of hydrogen-bond donors (Lipinski definition) is 0. The zero-order valence-corrected chi connectivity index (χ0v) is 37.3. The van der Waals surface area contributed by atoms with Crippen LogP contribution in [0.15, 0.2) is 267 Å². The maximum Gasteiger partial charge on any atom is 0.0546 e. The number of hydrogen-bond acceptors (Lipinski definition) is 1. The zero-order chi connectivity index (χ0) is 45.0. The molecule has 0 amide bonds. The van der Waals surface area contributed by atoms with E-state index in [1.54, 1.807) is 0 Å². The Hall–Kier alpha value is -8.98. The predicted molar refractivity (Wildman–Crippen MR) is 290 cm³/mol. The first-order valence-corrected chi connectivity index (χ1v) is 23.4. The number of fused-ring (bicyclic) bond motifs is 7. The second-order valence-electron chi connectivity index (χ2n) is 17.7. The van der Waals surface area contributed by atoms with Gasteiger partial charge in [-0.1, -0.05) is 212 Å². The largest absolute Gasteiger partial charge is 0.310 e. The first kappa shape index (κ1) is 39.4. The summed E-state index contributed by atoms with van der Waals surface area (Å²) in [5.41, 5.74) is 16.2. The van der Waals surface area contributed by atoms with Crippen LogP contribution in [0, 0.1) is 0 Å². The molecule has 1 aromatic heterocycles. The van der Waals surface area contributed by atoms with Crippen molar-refractivity contribution >= 4 is 71.2 Å². The summed E-state index contributed by atoms with van der Waals surface area (Å²) in [6.45, 7) is 0. The number of para-hydroxylation sites is 2. The third-order valence-electron chi connectivity index (χ3n) is 13.8. The number of benzene rings is 12. The highest BCUT2D eigenvalue weighted by Crippen LogP contribution is 2.45. The molecule has 0 spiro atoms. The van der Waals surface area contributed by atoms with Crippen LogP contribution in [0.2, 0.25) is 0 Å². The van der Waals surface area contributed by atoms with Crippen molar-refractivity contribution in [2.75, 3.05) is 4.90 Å². The van der Waals surface area contributed by atoms with Gasteiger partial charge >= 0.3 is 0 Å². The Labute approximate surface area is 395 Å². The molecule has 0 fully saturated rings. The predicted octanol–water partition coefficient (Wildman–Crippen LogP) is 18.4. The number of aromatic nitrogens is 1. The van der Waals surface area contributed by atoms with Gasteiger partial charge in [0.05, 0.1) is 16.7 Å². The van der Waals surface area contributed by atoms with Gasteiger partial charge in [-0.3, -0.25) is 0 Å². The molecule has 2 nitrogen and oxygen atoms in total. The van der Waals surface area contributed by atoms with E-state index >= 15 is 0 Å². The minimum atomic E-state index is 1.07. The summed E-state index contributed by atoms with van der Waals surface area (Å²) in [4.78, 5) is 2.44. The lowest BCUT2D eigenvalue weighted by Crippen LogP contribution is -2.11. The zero-order valence-electron chi connectivity index (χ0n) is 37.3. The second-order valence-corrected chi connectivity index (χ2v) is 17.7. The molecule has 0 N–H and O–H groups in total. The van der Waals surface area contributed by atoms with Gasteiger partial charge in [0, 0.05) is 33.4 Å². The molecule has 0 unspecified atom stereocenters. The SMILES string of the molecule is c1ccc(-c2ccc(-c3cccc4c3ccc3ccccc34)cc2N(c2ccc(-c3cccc(-n4c5ccccc5c5ccccc54)c3)cc2)c2ccc(-c3cccc4ccccc34)cc2)cc1. The van der Waals surface area contributed by atoms with Crippen LogP contribution in [-0.2, 0) is 0 Å². The molecule has 318 valence electrons. The topological polar surface area (TPSA) is 8.17 Å². The Balaban J connectivity index is 0.976. The quantitative estimate of drug-likeness (QED) is 0.138. The maximum atomic E-state index is 2.44. The molecule has 0 radical (unpaired) electrons. The van der Waals surface area contributed by atoms with Crippen molar-refractivity contribution in [3.05, 3.63) is 267 Å². The van der Waals surface area contributed by atoms with E-state index in [2.05, 4.69) is 276 Å². The molecule has 0 saturated heterocycles. The molecule has 68 heavy (non-hydrogen) atoms. The molecule has 1 heterocycles. The minimum absolute atomic E-state index is 1.07. The molecule has 0 aliphatic heterocycles. The highest BCUT2D eigenvalue weighted by molar-refractivity contribution is 6.13. The Morgan fingerprint density at radius 1 is 0.250 bits per heavy atom. The van der Waals surface area contributed by atoms with Crippen molar-refractivity contribution in [2.45, 2.75) is 0 Å². The highest BCUT2D eigenvalue weighted by atomic mass is 15.1. The van der Waals surface area contributed by atoms with Crippen molar-refractivity contribution in [1.29, 1.82) is 0 Å². The number of rotatable bonds is 8. The smallest absolute Gasteiger partial charge is 0.0546 e.